The lowest BCUT2D eigenvalue weighted by Crippen LogP contribution is -1.98. The molecule has 0 aliphatic carbocycles. The van der Waals surface area contributed by atoms with E-state index in [1.807, 2.05) is 0 Å². The first-order chi connectivity index (χ1) is 11.7. The molecule has 0 heterocycles. The minimum absolute atomic E-state index is 0.0513. The summed E-state index contributed by atoms with van der Waals surface area (Å²) in [7, 11) is -4.05. The predicted octanol–water partition coefficient (Wildman–Crippen LogP) is 5.96. The van der Waals surface area contributed by atoms with Crippen LogP contribution < -0.4 is 0 Å². The predicted molar refractivity (Wildman–Crippen MR) is 105 cm³/mol. The van der Waals surface area contributed by atoms with Gasteiger partial charge in [0.05, 0.1) is 4.90 Å². The molecule has 0 fully saturated rings. The average Bonchev–Trinajstić information content (AvgIpc) is 2.61. The quantitative estimate of drug-likeness (QED) is 0.668. The lowest BCUT2D eigenvalue weighted by atomic mass is 9.98. The molecule has 2 atom stereocenters. The second-order valence-electron chi connectivity index (χ2n) is 6.57. The Morgan fingerprint density at radius 1 is 0.800 bits per heavy atom. The Morgan fingerprint density at radius 2 is 1.16 bits per heavy atom. The van der Waals surface area contributed by atoms with Crippen LogP contribution in [0.15, 0.2) is 53.4 Å². The molecule has 0 saturated carbocycles. The van der Waals surface area contributed by atoms with Crippen molar-refractivity contribution in [1.29, 1.82) is 0 Å². The van der Waals surface area contributed by atoms with Gasteiger partial charge in [0.2, 0.25) is 0 Å². The Kier molecular flexibility index (Phi) is 8.33. The third kappa shape index (κ3) is 7.00. The summed E-state index contributed by atoms with van der Waals surface area (Å²) in [6, 6.07) is 15.1. The smallest absolute Gasteiger partial charge is 0.282 e. The zero-order valence-electron chi connectivity index (χ0n) is 15.9. The van der Waals surface area contributed by atoms with Crippen molar-refractivity contribution in [2.75, 3.05) is 0 Å². The highest BCUT2D eigenvalue weighted by atomic mass is 32.2. The van der Waals surface area contributed by atoms with E-state index in [0.29, 0.717) is 11.8 Å². The Labute approximate surface area is 152 Å². The molecule has 0 bridgehead atoms. The van der Waals surface area contributed by atoms with Crippen LogP contribution >= 0.6 is 0 Å². The van der Waals surface area contributed by atoms with Crippen LogP contribution in [0, 0.1) is 6.92 Å². The molecule has 2 aromatic rings. The molecule has 25 heavy (non-hydrogen) atoms. The zero-order chi connectivity index (χ0) is 19.0. The van der Waals surface area contributed by atoms with Crippen molar-refractivity contribution in [3.8, 4) is 0 Å². The van der Waals surface area contributed by atoms with Gasteiger partial charge in [-0.25, -0.2) is 0 Å². The van der Waals surface area contributed by atoms with Crippen LogP contribution in [-0.2, 0) is 10.1 Å². The van der Waals surface area contributed by atoms with Crippen LogP contribution in [0.2, 0.25) is 0 Å². The van der Waals surface area contributed by atoms with Crippen molar-refractivity contribution >= 4 is 10.1 Å². The van der Waals surface area contributed by atoms with Gasteiger partial charge in [-0.2, -0.15) is 8.42 Å². The van der Waals surface area contributed by atoms with Gasteiger partial charge in [0.15, 0.2) is 0 Å². The van der Waals surface area contributed by atoms with E-state index in [-0.39, 0.29) is 4.90 Å². The van der Waals surface area contributed by atoms with Crippen molar-refractivity contribution in [2.24, 2.45) is 0 Å². The van der Waals surface area contributed by atoms with Crippen LogP contribution in [0.25, 0.3) is 0 Å². The summed E-state index contributed by atoms with van der Waals surface area (Å²) in [6.07, 6.45) is 2.23. The number of hydrogen-bond donors (Lipinski definition) is 1. The van der Waals surface area contributed by atoms with E-state index in [1.165, 1.54) is 29.7 Å². The fraction of sp³-hybridized carbons (Fsp3) is 0.429. The van der Waals surface area contributed by atoms with Gasteiger partial charge in [0.1, 0.15) is 0 Å². The van der Waals surface area contributed by atoms with E-state index in [0.717, 1.165) is 12.0 Å². The molecule has 0 spiro atoms. The number of rotatable bonds is 5. The first-order valence-electron chi connectivity index (χ1n) is 8.83. The largest absolute Gasteiger partial charge is 0.294 e. The van der Waals surface area contributed by atoms with Gasteiger partial charge in [-0.3, -0.25) is 4.55 Å². The normalized spacial score (nSPS) is 13.5. The molecule has 0 aliphatic rings. The third-order valence-electron chi connectivity index (χ3n) is 4.62. The van der Waals surface area contributed by atoms with Crippen molar-refractivity contribution in [2.45, 2.75) is 64.2 Å². The maximum absolute atomic E-state index is 10.7. The van der Waals surface area contributed by atoms with E-state index >= 15 is 0 Å². The highest BCUT2D eigenvalue weighted by molar-refractivity contribution is 7.85. The molecular weight excluding hydrogens is 332 g/mol. The first-order valence-corrected chi connectivity index (χ1v) is 10.3. The first kappa shape index (κ1) is 21.4. The highest BCUT2D eigenvalue weighted by Gasteiger charge is 2.09. The summed E-state index contributed by atoms with van der Waals surface area (Å²) >= 11 is 0. The summed E-state index contributed by atoms with van der Waals surface area (Å²) in [5.74, 6) is 1.11. The Morgan fingerprint density at radius 3 is 1.48 bits per heavy atom. The maximum Gasteiger partial charge on any atom is 0.294 e. The molecule has 3 nitrogen and oxygen atoms in total. The second-order valence-corrected chi connectivity index (χ2v) is 7.99. The van der Waals surface area contributed by atoms with E-state index in [9.17, 15) is 8.42 Å². The zero-order valence-corrected chi connectivity index (χ0v) is 16.7. The average molecular weight is 363 g/mol. The molecule has 2 aromatic carbocycles. The fourth-order valence-corrected chi connectivity index (χ4v) is 2.81. The lowest BCUT2D eigenvalue weighted by Gasteiger charge is -2.08. The number of hydrogen-bond acceptors (Lipinski definition) is 2. The van der Waals surface area contributed by atoms with Crippen LogP contribution in [0.4, 0.5) is 0 Å². The third-order valence-corrected chi connectivity index (χ3v) is 5.49. The molecule has 0 amide bonds. The van der Waals surface area contributed by atoms with E-state index < -0.39 is 10.1 Å². The standard InChI is InChI=1S/C11H16.C10H14O3S/c1-4-10(3)11-7-5-9(2)6-8-11;1-3-8(2)9-4-6-10(7-5-9)14(11,12)13/h5-8,10H,4H2,1-3H3;4-8H,3H2,1-2H3,(H,11,12,13). The molecule has 0 aliphatic heterocycles. The van der Waals surface area contributed by atoms with E-state index in [1.54, 1.807) is 12.1 Å². The molecule has 0 saturated heterocycles. The molecule has 138 valence electrons. The van der Waals surface area contributed by atoms with Gasteiger partial charge >= 0.3 is 0 Å². The summed E-state index contributed by atoms with van der Waals surface area (Å²) in [5, 5.41) is 0. The Bertz CT molecular complexity index is 732. The van der Waals surface area contributed by atoms with Crippen LogP contribution in [0.5, 0.6) is 0 Å². The minimum atomic E-state index is -4.05. The van der Waals surface area contributed by atoms with Crippen molar-refractivity contribution in [1.82, 2.24) is 0 Å². The Hall–Kier alpha value is -1.65. The van der Waals surface area contributed by atoms with Gasteiger partial charge in [-0.15, -0.1) is 0 Å². The van der Waals surface area contributed by atoms with Gasteiger partial charge < -0.3 is 0 Å². The van der Waals surface area contributed by atoms with Gasteiger partial charge in [-0.05, 0) is 54.9 Å². The molecule has 4 heteroatoms. The van der Waals surface area contributed by atoms with Crippen LogP contribution in [0.3, 0.4) is 0 Å². The Balaban J connectivity index is 0.000000257. The van der Waals surface area contributed by atoms with Gasteiger partial charge in [-0.1, -0.05) is 69.7 Å². The summed E-state index contributed by atoms with van der Waals surface area (Å²) in [4.78, 5) is -0.0513. The monoisotopic (exact) mass is 362 g/mol. The summed E-state index contributed by atoms with van der Waals surface area (Å²) < 4.78 is 30.2. The molecule has 2 rings (SSSR count). The van der Waals surface area contributed by atoms with Crippen molar-refractivity contribution in [3.05, 3.63) is 65.2 Å². The fourth-order valence-electron chi connectivity index (χ4n) is 2.33. The van der Waals surface area contributed by atoms with Crippen LogP contribution in [-0.4, -0.2) is 13.0 Å². The molecular formula is C21H30O3S. The SMILES string of the molecule is CCC(C)c1ccc(C)cc1.CCC(C)c1ccc(S(=O)(=O)O)cc1. The lowest BCUT2D eigenvalue weighted by molar-refractivity contribution is 0.483. The van der Waals surface area contributed by atoms with Gasteiger partial charge in [0.25, 0.3) is 10.1 Å². The number of aryl methyl sites for hydroxylation is 1. The summed E-state index contributed by atoms with van der Waals surface area (Å²) in [5.41, 5.74) is 3.88. The van der Waals surface area contributed by atoms with E-state index in [4.69, 9.17) is 4.55 Å². The molecule has 1 N–H and O–H groups in total. The number of benzene rings is 2. The maximum atomic E-state index is 10.7. The summed E-state index contributed by atoms with van der Waals surface area (Å²) in [6.45, 7) is 10.8. The second kappa shape index (κ2) is 9.73. The van der Waals surface area contributed by atoms with Crippen LogP contribution in [0.1, 0.15) is 69.1 Å². The van der Waals surface area contributed by atoms with Crippen molar-refractivity contribution < 1.29 is 13.0 Å². The van der Waals surface area contributed by atoms with Gasteiger partial charge in [0, 0.05) is 0 Å². The molecule has 0 radical (unpaired) electrons. The van der Waals surface area contributed by atoms with Crippen molar-refractivity contribution in [3.63, 3.8) is 0 Å². The minimum Gasteiger partial charge on any atom is -0.282 e. The van der Waals surface area contributed by atoms with E-state index in [2.05, 4.69) is 58.9 Å². The highest BCUT2D eigenvalue weighted by Crippen LogP contribution is 2.20. The topological polar surface area (TPSA) is 54.4 Å². The molecule has 0 aromatic heterocycles. The molecule has 2 unspecified atom stereocenters.